The summed E-state index contributed by atoms with van der Waals surface area (Å²) in [5.41, 5.74) is -0.480. The molecule has 7 heteroatoms. The molecule has 1 unspecified atom stereocenters. The van der Waals surface area contributed by atoms with Gasteiger partial charge in [0.2, 0.25) is 5.43 Å². The maximum atomic E-state index is 14.1. The number of rotatable bonds is 5. The highest BCUT2D eigenvalue weighted by atomic mass is 35.5. The number of carbonyl (C=O) groups is 1. The van der Waals surface area contributed by atoms with Crippen molar-refractivity contribution in [2.24, 2.45) is 5.92 Å². The molecule has 1 aliphatic rings. The van der Waals surface area contributed by atoms with Gasteiger partial charge in [-0.2, -0.15) is 0 Å². The minimum atomic E-state index is -1.32. The van der Waals surface area contributed by atoms with Crippen molar-refractivity contribution in [2.45, 2.75) is 19.4 Å². The first-order valence-corrected chi connectivity index (χ1v) is 8.52. The van der Waals surface area contributed by atoms with Crippen molar-refractivity contribution in [3.05, 3.63) is 67.2 Å². The fraction of sp³-hybridized carbons (Fsp3) is 0.263. The molecule has 0 saturated heterocycles. The molecule has 1 atom stereocenters. The van der Waals surface area contributed by atoms with E-state index < -0.39 is 17.2 Å². The van der Waals surface area contributed by atoms with E-state index in [1.54, 1.807) is 22.8 Å². The van der Waals surface area contributed by atoms with Crippen LogP contribution in [0.25, 0.3) is 12.2 Å². The van der Waals surface area contributed by atoms with Gasteiger partial charge in [-0.1, -0.05) is 35.9 Å². The topological polar surface area (TPSA) is 79.5 Å². The van der Waals surface area contributed by atoms with E-state index in [9.17, 15) is 24.2 Å². The number of hydrogen-bond donors (Lipinski definition) is 2. The first-order valence-electron chi connectivity index (χ1n) is 8.15. The van der Waals surface area contributed by atoms with E-state index in [0.717, 1.165) is 0 Å². The van der Waals surface area contributed by atoms with Crippen LogP contribution in [0.1, 0.15) is 22.3 Å². The van der Waals surface area contributed by atoms with Crippen molar-refractivity contribution < 1.29 is 19.4 Å². The van der Waals surface area contributed by atoms with Crippen molar-refractivity contribution in [1.82, 2.24) is 4.57 Å². The molecule has 0 radical (unpaired) electrons. The van der Waals surface area contributed by atoms with Crippen LogP contribution < -0.4 is 16.0 Å². The highest BCUT2D eigenvalue weighted by Gasteiger charge is 2.18. The molecular formula is C19H17ClFNO4. The molecule has 3 rings (SSSR count). The molecule has 0 aliphatic heterocycles. The summed E-state index contributed by atoms with van der Waals surface area (Å²) in [4.78, 5) is 23.9. The number of pyridine rings is 1. The van der Waals surface area contributed by atoms with Gasteiger partial charge < -0.3 is 14.8 Å². The number of carboxylic acids is 1. The predicted molar refractivity (Wildman–Crippen MR) is 96.1 cm³/mol. The molecule has 2 aromatic rings. The number of benzene rings is 1. The summed E-state index contributed by atoms with van der Waals surface area (Å²) in [6, 6.07) is 4.78. The van der Waals surface area contributed by atoms with E-state index in [-0.39, 0.29) is 34.9 Å². The van der Waals surface area contributed by atoms with Crippen LogP contribution in [0.2, 0.25) is 5.02 Å². The van der Waals surface area contributed by atoms with Crippen molar-refractivity contribution in [2.75, 3.05) is 6.61 Å². The molecule has 1 aliphatic carbocycles. The number of aliphatic hydroxyl groups is 1. The predicted octanol–water partition coefficient (Wildman–Crippen LogP) is 1.15. The highest BCUT2D eigenvalue weighted by Crippen LogP contribution is 2.23. The lowest BCUT2D eigenvalue weighted by Gasteiger charge is -2.17. The largest absolute Gasteiger partial charge is 0.477 e. The van der Waals surface area contributed by atoms with Gasteiger partial charge in [-0.05, 0) is 30.4 Å². The molecular weight excluding hydrogens is 361 g/mol. The van der Waals surface area contributed by atoms with Crippen LogP contribution in [-0.4, -0.2) is 27.4 Å². The minimum Gasteiger partial charge on any atom is -0.477 e. The SMILES string of the molecule is O=C(O)c1cn(CCO)c2c(c1=O)=CC(Cc1cccc(Cl)c1F)CC=2. The molecule has 0 bridgehead atoms. The van der Waals surface area contributed by atoms with Crippen LogP contribution in [0.3, 0.4) is 0 Å². The zero-order chi connectivity index (χ0) is 18.8. The Morgan fingerprint density at radius 2 is 2.15 bits per heavy atom. The number of carboxylic acid groups (broad SMARTS) is 1. The van der Waals surface area contributed by atoms with Gasteiger partial charge in [0.25, 0.3) is 0 Å². The molecule has 2 N–H and O–H groups in total. The Kier molecular flexibility index (Phi) is 5.25. The smallest absolute Gasteiger partial charge is 0.341 e. The molecule has 0 spiro atoms. The van der Waals surface area contributed by atoms with Crippen molar-refractivity contribution in [3.63, 3.8) is 0 Å². The monoisotopic (exact) mass is 377 g/mol. The Morgan fingerprint density at radius 1 is 1.38 bits per heavy atom. The number of hydrogen-bond acceptors (Lipinski definition) is 3. The first-order chi connectivity index (χ1) is 12.4. The summed E-state index contributed by atoms with van der Waals surface area (Å²) in [6.45, 7) is 0.000184. The summed E-state index contributed by atoms with van der Waals surface area (Å²) < 4.78 is 15.7. The van der Waals surface area contributed by atoms with Gasteiger partial charge >= 0.3 is 5.97 Å². The zero-order valence-corrected chi connectivity index (χ0v) is 14.5. The number of fused-ring (bicyclic) bond motifs is 1. The number of nitrogens with zero attached hydrogens (tertiary/aromatic N) is 1. The average molecular weight is 378 g/mol. The molecule has 1 heterocycles. The standard InChI is InChI=1S/C19H17ClFNO4/c20-15-3-1-2-12(17(15)21)8-11-4-5-16-13(9-11)18(24)14(19(25)26)10-22(16)6-7-23/h1-3,5,9-11,23H,4,6-8H2,(H,25,26). The summed E-state index contributed by atoms with van der Waals surface area (Å²) in [6.07, 6.45) is 5.68. The summed E-state index contributed by atoms with van der Waals surface area (Å²) in [7, 11) is 0. The second kappa shape index (κ2) is 7.43. The Labute approximate surface area is 153 Å². The first kappa shape index (κ1) is 18.4. The Hall–Kier alpha value is -2.44. The number of aromatic nitrogens is 1. The lowest BCUT2D eigenvalue weighted by Crippen LogP contribution is -2.49. The van der Waals surface area contributed by atoms with Crippen molar-refractivity contribution in [3.8, 4) is 0 Å². The Bertz CT molecular complexity index is 1040. The van der Waals surface area contributed by atoms with Gasteiger partial charge in [0.05, 0.1) is 11.6 Å². The minimum absolute atomic E-state index is 0.0427. The fourth-order valence-electron chi connectivity index (χ4n) is 3.23. The number of aliphatic hydroxyl groups excluding tert-OH is 1. The third-order valence-corrected chi connectivity index (χ3v) is 4.75. The van der Waals surface area contributed by atoms with Gasteiger partial charge in [-0.25, -0.2) is 9.18 Å². The third kappa shape index (κ3) is 3.43. The van der Waals surface area contributed by atoms with E-state index in [1.807, 2.05) is 6.08 Å². The summed E-state index contributed by atoms with van der Waals surface area (Å²) >= 11 is 5.81. The quantitative estimate of drug-likeness (QED) is 0.819. The van der Waals surface area contributed by atoms with Gasteiger partial charge in [0.15, 0.2) is 0 Å². The van der Waals surface area contributed by atoms with Crippen LogP contribution in [0.4, 0.5) is 4.39 Å². The van der Waals surface area contributed by atoms with E-state index >= 15 is 0 Å². The normalized spacial score (nSPS) is 15.7. The van der Waals surface area contributed by atoms with Crippen LogP contribution in [0.5, 0.6) is 0 Å². The van der Waals surface area contributed by atoms with Crippen LogP contribution in [0, 0.1) is 11.7 Å². The average Bonchev–Trinajstić information content (AvgIpc) is 2.61. The molecule has 1 aromatic heterocycles. The second-order valence-electron chi connectivity index (χ2n) is 6.18. The van der Waals surface area contributed by atoms with E-state index in [2.05, 4.69) is 0 Å². The van der Waals surface area contributed by atoms with E-state index in [0.29, 0.717) is 23.8 Å². The van der Waals surface area contributed by atoms with Gasteiger partial charge in [0, 0.05) is 23.3 Å². The van der Waals surface area contributed by atoms with E-state index in [4.69, 9.17) is 11.6 Å². The summed E-state index contributed by atoms with van der Waals surface area (Å²) in [5, 5.41) is 19.4. The molecule has 0 fully saturated rings. The zero-order valence-electron chi connectivity index (χ0n) is 13.8. The van der Waals surface area contributed by atoms with Crippen LogP contribution in [0.15, 0.2) is 29.2 Å². The van der Waals surface area contributed by atoms with Crippen molar-refractivity contribution in [1.29, 1.82) is 0 Å². The van der Waals surface area contributed by atoms with Crippen LogP contribution in [-0.2, 0) is 13.0 Å². The molecule has 26 heavy (non-hydrogen) atoms. The van der Waals surface area contributed by atoms with Gasteiger partial charge in [0.1, 0.15) is 11.4 Å². The maximum Gasteiger partial charge on any atom is 0.341 e. The molecule has 0 saturated carbocycles. The molecule has 5 nitrogen and oxygen atoms in total. The van der Waals surface area contributed by atoms with Crippen LogP contribution >= 0.6 is 11.6 Å². The summed E-state index contributed by atoms with van der Waals surface area (Å²) in [5.74, 6) is -1.96. The molecule has 0 amide bonds. The second-order valence-corrected chi connectivity index (χ2v) is 6.58. The Balaban J connectivity index is 2.09. The molecule has 1 aromatic carbocycles. The molecule has 136 valence electrons. The maximum absolute atomic E-state index is 14.1. The Morgan fingerprint density at radius 3 is 2.85 bits per heavy atom. The lowest BCUT2D eigenvalue weighted by atomic mass is 9.91. The van der Waals surface area contributed by atoms with Gasteiger partial charge in [-0.15, -0.1) is 0 Å². The van der Waals surface area contributed by atoms with E-state index in [1.165, 1.54) is 12.3 Å². The fourth-order valence-corrected chi connectivity index (χ4v) is 3.43. The highest BCUT2D eigenvalue weighted by molar-refractivity contribution is 6.30. The number of halogens is 2. The van der Waals surface area contributed by atoms with Crippen molar-refractivity contribution >= 4 is 29.7 Å². The third-order valence-electron chi connectivity index (χ3n) is 4.46. The lowest BCUT2D eigenvalue weighted by molar-refractivity contribution is 0.0694. The number of aromatic carboxylic acids is 1. The van der Waals surface area contributed by atoms with Gasteiger partial charge in [-0.3, -0.25) is 4.79 Å².